The number of nitrogens with zero attached hydrogens (tertiary/aromatic N) is 1. The van der Waals surface area contributed by atoms with E-state index in [1.165, 1.54) is 19.1 Å². The molecule has 5 atom stereocenters. The highest BCUT2D eigenvalue weighted by Crippen LogP contribution is 2.59. The van der Waals surface area contributed by atoms with Gasteiger partial charge in [0, 0.05) is 29.2 Å². The fourth-order valence-corrected chi connectivity index (χ4v) is 4.68. The van der Waals surface area contributed by atoms with Gasteiger partial charge >= 0.3 is 6.18 Å². The van der Waals surface area contributed by atoms with Crippen molar-refractivity contribution < 1.29 is 41.6 Å². The first-order valence-electron chi connectivity index (χ1n) is 10.9. The molecule has 194 valence electrons. The van der Waals surface area contributed by atoms with Crippen LogP contribution >= 0.6 is 0 Å². The van der Waals surface area contributed by atoms with Crippen molar-refractivity contribution in [2.24, 2.45) is 5.92 Å². The Morgan fingerprint density at radius 3 is 2.56 bits per heavy atom. The van der Waals surface area contributed by atoms with E-state index in [9.17, 15) is 31.9 Å². The summed E-state index contributed by atoms with van der Waals surface area (Å²) in [6.07, 6.45) is -7.59. The molecule has 1 aromatic carbocycles. The topological polar surface area (TPSA) is 105 Å². The monoisotopic (exact) mass is 514 g/mol. The third-order valence-corrected chi connectivity index (χ3v) is 6.85. The van der Waals surface area contributed by atoms with Crippen LogP contribution in [-0.2, 0) is 4.74 Å². The molecule has 3 heterocycles. The fraction of sp³-hybridized carbons (Fsp3) is 0.417. The van der Waals surface area contributed by atoms with Crippen LogP contribution in [0.1, 0.15) is 48.9 Å². The van der Waals surface area contributed by atoms with E-state index in [1.54, 1.807) is 0 Å². The molecule has 3 aromatic rings. The number of H-pyrrole nitrogens is 1. The molecule has 0 amide bonds. The van der Waals surface area contributed by atoms with E-state index >= 15 is 0 Å². The molecule has 0 radical (unpaired) electrons. The van der Waals surface area contributed by atoms with Gasteiger partial charge in [-0.05, 0) is 25.1 Å². The molecule has 0 bridgehead atoms. The summed E-state index contributed by atoms with van der Waals surface area (Å²) in [6.45, 7) is 1.51. The molecule has 3 N–H and O–H groups in total. The van der Waals surface area contributed by atoms with Crippen LogP contribution in [0.3, 0.4) is 0 Å². The number of aromatic amines is 1. The zero-order valence-corrected chi connectivity index (χ0v) is 19.4. The van der Waals surface area contributed by atoms with Gasteiger partial charge in [-0.25, -0.2) is 9.37 Å². The normalized spacial score (nSPS) is 25.3. The Morgan fingerprint density at radius 2 is 1.94 bits per heavy atom. The highest BCUT2D eigenvalue weighted by molar-refractivity contribution is 5.74. The average molecular weight is 514 g/mol. The number of alkyl halides is 3. The van der Waals surface area contributed by atoms with Gasteiger partial charge in [-0.3, -0.25) is 4.79 Å². The summed E-state index contributed by atoms with van der Waals surface area (Å²) in [5.74, 6) is -5.64. The number of halogens is 5. The van der Waals surface area contributed by atoms with Gasteiger partial charge in [0.25, 0.3) is 0 Å². The number of benzene rings is 1. The summed E-state index contributed by atoms with van der Waals surface area (Å²) in [4.78, 5) is 19.8. The molecule has 12 heteroatoms. The first kappa shape index (κ1) is 26.0. The number of aliphatic hydroxyl groups is 2. The second-order valence-corrected chi connectivity index (χ2v) is 8.86. The van der Waals surface area contributed by atoms with Crippen LogP contribution in [0.4, 0.5) is 22.0 Å². The predicted molar refractivity (Wildman–Crippen MR) is 118 cm³/mol. The quantitative estimate of drug-likeness (QED) is 0.444. The molecule has 1 fully saturated rings. The highest BCUT2D eigenvalue weighted by atomic mass is 19.4. The molecule has 0 aliphatic carbocycles. The largest absolute Gasteiger partial charge is 0.493 e. The molecular weight excluding hydrogens is 491 g/mol. The second kappa shape index (κ2) is 9.09. The van der Waals surface area contributed by atoms with Crippen molar-refractivity contribution in [3.63, 3.8) is 0 Å². The van der Waals surface area contributed by atoms with Crippen LogP contribution in [0.25, 0.3) is 11.0 Å². The fourth-order valence-electron chi connectivity index (χ4n) is 4.68. The number of hydrogen-bond acceptors (Lipinski definition) is 6. The summed E-state index contributed by atoms with van der Waals surface area (Å²) in [6, 6.07) is 5.68. The Labute approximate surface area is 201 Å². The number of methoxy groups -OCH3 is 1. The van der Waals surface area contributed by atoms with E-state index in [0.717, 1.165) is 32.2 Å². The Hall–Kier alpha value is -3.09. The van der Waals surface area contributed by atoms with Crippen LogP contribution in [-0.4, -0.2) is 45.7 Å². The Kier molecular flexibility index (Phi) is 6.56. The van der Waals surface area contributed by atoms with Crippen LogP contribution in [0, 0.1) is 17.6 Å². The van der Waals surface area contributed by atoms with E-state index in [1.807, 2.05) is 0 Å². The molecule has 0 spiro atoms. The van der Waals surface area contributed by atoms with Gasteiger partial charge in [0.2, 0.25) is 11.2 Å². The number of hydrogen-bond donors (Lipinski definition) is 3. The lowest BCUT2D eigenvalue weighted by Crippen LogP contribution is -2.46. The lowest BCUT2D eigenvalue weighted by molar-refractivity contribution is -0.275. The van der Waals surface area contributed by atoms with Gasteiger partial charge in [0.1, 0.15) is 17.7 Å². The number of aliphatic hydroxyl groups excluding tert-OH is 2. The summed E-state index contributed by atoms with van der Waals surface area (Å²) in [5.41, 5.74) is -3.42. The lowest BCUT2D eigenvalue weighted by Gasteiger charge is -2.32. The third kappa shape index (κ3) is 4.02. The first-order valence-corrected chi connectivity index (χ1v) is 10.9. The molecule has 1 saturated heterocycles. The maximum Gasteiger partial charge on any atom is 0.417 e. The summed E-state index contributed by atoms with van der Waals surface area (Å²) >= 11 is 0. The van der Waals surface area contributed by atoms with Gasteiger partial charge in [-0.15, -0.1) is 0 Å². The van der Waals surface area contributed by atoms with Gasteiger partial charge in [0.15, 0.2) is 17.2 Å². The van der Waals surface area contributed by atoms with Crippen molar-refractivity contribution in [2.45, 2.75) is 43.8 Å². The smallest absolute Gasteiger partial charge is 0.417 e. The molecule has 1 aliphatic rings. The van der Waals surface area contributed by atoms with Crippen molar-refractivity contribution in [3.05, 3.63) is 69.1 Å². The van der Waals surface area contributed by atoms with Crippen LogP contribution < -0.4 is 10.2 Å². The number of ether oxygens (including phenoxy) is 2. The number of nitrogens with one attached hydrogen (secondary N) is 1. The second-order valence-electron chi connectivity index (χ2n) is 8.86. The number of aromatic nitrogens is 2. The van der Waals surface area contributed by atoms with Crippen LogP contribution in [0.5, 0.6) is 5.75 Å². The Balaban J connectivity index is 1.92. The van der Waals surface area contributed by atoms with E-state index in [4.69, 9.17) is 14.6 Å². The van der Waals surface area contributed by atoms with Crippen molar-refractivity contribution in [2.75, 3.05) is 13.7 Å². The predicted octanol–water partition coefficient (Wildman–Crippen LogP) is 4.05. The minimum Gasteiger partial charge on any atom is -0.493 e. The van der Waals surface area contributed by atoms with Gasteiger partial charge in [0.05, 0.1) is 24.9 Å². The summed E-state index contributed by atoms with van der Waals surface area (Å²) < 4.78 is 81.5. The minimum atomic E-state index is -4.83. The zero-order valence-electron chi connectivity index (χ0n) is 19.4. The number of pyridine rings is 2. The van der Waals surface area contributed by atoms with E-state index < -0.39 is 65.2 Å². The molecule has 0 unspecified atom stereocenters. The Morgan fingerprint density at radius 1 is 1.25 bits per heavy atom. The van der Waals surface area contributed by atoms with E-state index in [2.05, 4.69) is 9.97 Å². The average Bonchev–Trinajstić information content (AvgIpc) is 3.11. The molecule has 7 nitrogen and oxygen atoms in total. The van der Waals surface area contributed by atoms with Gasteiger partial charge in [-0.1, -0.05) is 13.0 Å². The Bertz CT molecular complexity index is 1360. The third-order valence-electron chi connectivity index (χ3n) is 6.85. The molecule has 36 heavy (non-hydrogen) atoms. The maximum atomic E-state index is 14.5. The van der Waals surface area contributed by atoms with Crippen LogP contribution in [0.2, 0.25) is 0 Å². The number of rotatable bonds is 5. The lowest BCUT2D eigenvalue weighted by atomic mass is 9.76. The van der Waals surface area contributed by atoms with Gasteiger partial charge < -0.3 is 24.7 Å². The molecular formula is C24H23F5N2O5. The molecule has 0 saturated carbocycles. The SMILES string of the molecule is COc1c([C@H]2[C@H](c3cc(=O)c4nc([C@H](O)CO)ccc4[nH]3)O[C@@](C)(C(F)(F)F)[C@H]2C)ccc(F)c1F. The van der Waals surface area contributed by atoms with E-state index in [-0.39, 0.29) is 28.0 Å². The first-order chi connectivity index (χ1) is 16.8. The van der Waals surface area contributed by atoms with Crippen molar-refractivity contribution >= 4 is 11.0 Å². The van der Waals surface area contributed by atoms with Crippen molar-refractivity contribution in [1.82, 2.24) is 9.97 Å². The van der Waals surface area contributed by atoms with Crippen LogP contribution in [0.15, 0.2) is 35.1 Å². The minimum absolute atomic E-state index is 0.0306. The van der Waals surface area contributed by atoms with Gasteiger partial charge in [-0.2, -0.15) is 17.6 Å². The molecule has 4 rings (SSSR count). The standard InChI is InChI=1S/C24H23F5N2O5/c1-10-18(11-4-5-12(25)19(26)21(11)35-3)22(36-23(10,2)24(27,28)29)15-8-16(33)20-14(30-15)7-6-13(31-20)17(34)9-32/h4-8,10,17-18,22,32,34H,9H2,1-3H3,(H,30,33)/t10-,17+,18-,22-,23+/m0/s1. The van der Waals surface area contributed by atoms with Crippen molar-refractivity contribution in [3.8, 4) is 5.75 Å². The van der Waals surface area contributed by atoms with E-state index in [0.29, 0.717) is 0 Å². The highest BCUT2D eigenvalue weighted by Gasteiger charge is 2.65. The summed E-state index contributed by atoms with van der Waals surface area (Å²) in [7, 11) is 1.07. The molecule has 1 aliphatic heterocycles. The maximum absolute atomic E-state index is 14.5. The molecule has 2 aromatic heterocycles. The summed E-state index contributed by atoms with van der Waals surface area (Å²) in [5, 5.41) is 18.9. The zero-order chi connectivity index (χ0) is 26.6. The van der Waals surface area contributed by atoms with Crippen molar-refractivity contribution in [1.29, 1.82) is 0 Å². The number of fused-ring (bicyclic) bond motifs is 1.